The standard InChI is InChI=1S/C4H7N3O2/c5-7(4-9)2-1-6-3-8/h4H,1-2,5H2. The SMILES string of the molecule is NN(C=O)CCN=C=O. The van der Waals surface area contributed by atoms with Crippen molar-refractivity contribution in [1.82, 2.24) is 5.01 Å². The van der Waals surface area contributed by atoms with Gasteiger partial charge in [-0.2, -0.15) is 0 Å². The van der Waals surface area contributed by atoms with Gasteiger partial charge in [0.25, 0.3) is 0 Å². The number of aliphatic imine (C=N–C) groups is 1. The van der Waals surface area contributed by atoms with Crippen molar-refractivity contribution >= 4 is 12.5 Å². The van der Waals surface area contributed by atoms with E-state index in [2.05, 4.69) is 4.99 Å². The minimum Gasteiger partial charge on any atom is -0.281 e. The van der Waals surface area contributed by atoms with E-state index in [4.69, 9.17) is 5.84 Å². The van der Waals surface area contributed by atoms with E-state index in [1.165, 1.54) is 6.08 Å². The molecule has 0 saturated heterocycles. The van der Waals surface area contributed by atoms with Crippen molar-refractivity contribution in [2.24, 2.45) is 10.8 Å². The molecule has 0 fully saturated rings. The molecule has 0 aromatic carbocycles. The van der Waals surface area contributed by atoms with Gasteiger partial charge in [-0.15, -0.1) is 0 Å². The highest BCUT2D eigenvalue weighted by molar-refractivity contribution is 5.45. The summed E-state index contributed by atoms with van der Waals surface area (Å²) in [6.07, 6.45) is 1.78. The number of rotatable bonds is 4. The van der Waals surface area contributed by atoms with Crippen LogP contribution >= 0.6 is 0 Å². The Kier molecular flexibility index (Phi) is 4.30. The molecular weight excluding hydrogens is 122 g/mol. The average molecular weight is 129 g/mol. The fourth-order valence-corrected chi connectivity index (χ4v) is 0.264. The minimum absolute atomic E-state index is 0.207. The zero-order chi connectivity index (χ0) is 7.11. The Balaban J connectivity index is 3.26. The van der Waals surface area contributed by atoms with Crippen LogP contribution in [0.25, 0.3) is 0 Å². The summed E-state index contributed by atoms with van der Waals surface area (Å²) in [6.45, 7) is 0.456. The van der Waals surface area contributed by atoms with Crippen LogP contribution in [0.1, 0.15) is 0 Å². The third-order valence-electron chi connectivity index (χ3n) is 0.670. The molecule has 0 aromatic rings. The largest absolute Gasteiger partial charge is 0.281 e. The molecule has 0 heterocycles. The van der Waals surface area contributed by atoms with Crippen LogP contribution in [0.15, 0.2) is 4.99 Å². The smallest absolute Gasteiger partial charge is 0.235 e. The zero-order valence-electron chi connectivity index (χ0n) is 4.78. The quantitative estimate of drug-likeness (QED) is 0.127. The Hall–Kier alpha value is -1.19. The topological polar surface area (TPSA) is 75.8 Å². The maximum Gasteiger partial charge on any atom is 0.235 e. The third kappa shape index (κ3) is 4.67. The summed E-state index contributed by atoms with van der Waals surface area (Å²) in [5, 5.41) is 0.904. The molecule has 2 N–H and O–H groups in total. The molecule has 50 valence electrons. The maximum atomic E-state index is 9.76. The number of hydrogen-bond acceptors (Lipinski definition) is 4. The number of carbonyl (C=O) groups is 1. The molecular formula is C4H7N3O2. The molecule has 5 heteroatoms. The average Bonchev–Trinajstić information content (AvgIpc) is 1.89. The molecule has 0 aromatic heterocycles. The predicted octanol–water partition coefficient (Wildman–Crippen LogP) is -1.35. The van der Waals surface area contributed by atoms with Gasteiger partial charge < -0.3 is 0 Å². The van der Waals surface area contributed by atoms with E-state index in [0.717, 1.165) is 5.01 Å². The number of hydrogen-bond donors (Lipinski definition) is 1. The fourth-order valence-electron chi connectivity index (χ4n) is 0.264. The molecule has 0 saturated carbocycles. The van der Waals surface area contributed by atoms with Gasteiger partial charge in [0.05, 0.1) is 13.1 Å². The second-order valence-electron chi connectivity index (χ2n) is 1.32. The van der Waals surface area contributed by atoms with Gasteiger partial charge in [-0.3, -0.25) is 9.80 Å². The number of nitrogens with two attached hydrogens (primary N) is 1. The highest BCUT2D eigenvalue weighted by atomic mass is 16.1. The van der Waals surface area contributed by atoms with Crippen molar-refractivity contribution in [3.05, 3.63) is 0 Å². The van der Waals surface area contributed by atoms with Crippen LogP contribution in [0.4, 0.5) is 0 Å². The Morgan fingerprint density at radius 2 is 2.44 bits per heavy atom. The van der Waals surface area contributed by atoms with Gasteiger partial charge in [0, 0.05) is 0 Å². The van der Waals surface area contributed by atoms with E-state index < -0.39 is 0 Å². The van der Waals surface area contributed by atoms with Crippen molar-refractivity contribution in [3.63, 3.8) is 0 Å². The lowest BCUT2D eigenvalue weighted by Crippen LogP contribution is -2.31. The van der Waals surface area contributed by atoms with Gasteiger partial charge in [0.1, 0.15) is 0 Å². The number of nitrogens with zero attached hydrogens (tertiary/aromatic N) is 2. The first-order chi connectivity index (χ1) is 4.31. The number of amides is 1. The van der Waals surface area contributed by atoms with Gasteiger partial charge in [0.2, 0.25) is 12.5 Å². The third-order valence-corrected chi connectivity index (χ3v) is 0.670. The summed E-state index contributed by atoms with van der Waals surface area (Å²) in [4.78, 5) is 22.4. The molecule has 9 heavy (non-hydrogen) atoms. The molecule has 0 atom stereocenters. The molecule has 5 nitrogen and oxygen atoms in total. The van der Waals surface area contributed by atoms with Crippen LogP contribution in [0.3, 0.4) is 0 Å². The normalized spacial score (nSPS) is 7.67. The minimum atomic E-state index is 0.207. The van der Waals surface area contributed by atoms with Gasteiger partial charge in [-0.05, 0) is 0 Å². The highest BCUT2D eigenvalue weighted by Crippen LogP contribution is 1.69. The van der Waals surface area contributed by atoms with Crippen LogP contribution in [0, 0.1) is 0 Å². The van der Waals surface area contributed by atoms with Crippen LogP contribution in [0.2, 0.25) is 0 Å². The highest BCUT2D eigenvalue weighted by Gasteiger charge is 1.88. The van der Waals surface area contributed by atoms with E-state index in [9.17, 15) is 9.59 Å². The van der Waals surface area contributed by atoms with E-state index in [-0.39, 0.29) is 13.1 Å². The van der Waals surface area contributed by atoms with Crippen LogP contribution in [-0.2, 0) is 9.59 Å². The van der Waals surface area contributed by atoms with Gasteiger partial charge in [-0.1, -0.05) is 0 Å². The summed E-state index contributed by atoms with van der Waals surface area (Å²) < 4.78 is 0. The summed E-state index contributed by atoms with van der Waals surface area (Å²) >= 11 is 0. The number of isocyanates is 1. The Morgan fingerprint density at radius 1 is 1.78 bits per heavy atom. The lowest BCUT2D eigenvalue weighted by atomic mass is 10.6. The lowest BCUT2D eigenvalue weighted by Gasteiger charge is -2.04. The Morgan fingerprint density at radius 3 is 2.89 bits per heavy atom. The van der Waals surface area contributed by atoms with E-state index >= 15 is 0 Å². The molecule has 0 aliphatic heterocycles. The lowest BCUT2D eigenvalue weighted by molar-refractivity contribution is -0.118. The predicted molar refractivity (Wildman–Crippen MR) is 29.9 cm³/mol. The molecule has 0 aliphatic rings. The Labute approximate surface area is 52.1 Å². The summed E-state index contributed by atoms with van der Waals surface area (Å²) in [5.41, 5.74) is 0. The van der Waals surface area contributed by atoms with Gasteiger partial charge in [-0.25, -0.2) is 15.6 Å². The van der Waals surface area contributed by atoms with E-state index in [1.54, 1.807) is 0 Å². The zero-order valence-corrected chi connectivity index (χ0v) is 4.78. The first kappa shape index (κ1) is 7.81. The molecule has 0 unspecified atom stereocenters. The van der Waals surface area contributed by atoms with E-state index in [0.29, 0.717) is 6.41 Å². The monoisotopic (exact) mass is 129 g/mol. The fraction of sp³-hybridized carbons (Fsp3) is 0.500. The van der Waals surface area contributed by atoms with Crippen molar-refractivity contribution < 1.29 is 9.59 Å². The van der Waals surface area contributed by atoms with Crippen molar-refractivity contribution in [2.75, 3.05) is 13.1 Å². The summed E-state index contributed by atoms with van der Waals surface area (Å²) in [5.74, 6) is 4.99. The molecule has 0 bridgehead atoms. The van der Waals surface area contributed by atoms with Gasteiger partial charge in [0.15, 0.2) is 0 Å². The molecule has 1 amide bonds. The first-order valence-corrected chi connectivity index (χ1v) is 2.31. The number of hydrazine groups is 1. The number of carbonyl (C=O) groups excluding carboxylic acids is 2. The second kappa shape index (κ2) is 4.96. The summed E-state index contributed by atoms with van der Waals surface area (Å²) in [7, 11) is 0. The van der Waals surface area contributed by atoms with Crippen molar-refractivity contribution in [1.29, 1.82) is 0 Å². The maximum absolute atomic E-state index is 9.76. The van der Waals surface area contributed by atoms with Crippen LogP contribution in [-0.4, -0.2) is 30.6 Å². The van der Waals surface area contributed by atoms with E-state index in [1.807, 2.05) is 0 Å². The molecule has 0 aliphatic carbocycles. The van der Waals surface area contributed by atoms with Crippen LogP contribution in [0.5, 0.6) is 0 Å². The first-order valence-electron chi connectivity index (χ1n) is 2.31. The van der Waals surface area contributed by atoms with Gasteiger partial charge >= 0.3 is 0 Å². The second-order valence-corrected chi connectivity index (χ2v) is 1.32. The van der Waals surface area contributed by atoms with Crippen molar-refractivity contribution in [2.45, 2.75) is 0 Å². The summed E-state index contributed by atoms with van der Waals surface area (Å²) in [6, 6.07) is 0. The molecule has 0 rings (SSSR count). The Bertz CT molecular complexity index is 130. The molecule has 0 radical (unpaired) electrons. The molecule has 0 spiro atoms. The van der Waals surface area contributed by atoms with Crippen molar-refractivity contribution in [3.8, 4) is 0 Å². The van der Waals surface area contributed by atoms with Crippen LogP contribution < -0.4 is 5.84 Å².